The molecule has 0 saturated carbocycles. The molecular weight excluding hydrogens is 201 g/mol. The van der Waals surface area contributed by atoms with Gasteiger partial charge < -0.3 is 5.32 Å². The van der Waals surface area contributed by atoms with E-state index >= 15 is 0 Å². The molecule has 78 valence electrons. The first-order valence-corrected chi connectivity index (χ1v) is 5.68. The van der Waals surface area contributed by atoms with Crippen molar-refractivity contribution in [1.29, 1.82) is 0 Å². The Morgan fingerprint density at radius 2 is 2.14 bits per heavy atom. The Labute approximate surface area is 86.7 Å². The van der Waals surface area contributed by atoms with Crippen LogP contribution in [0.2, 0.25) is 0 Å². The van der Waals surface area contributed by atoms with E-state index in [1.807, 2.05) is 6.92 Å². The van der Waals surface area contributed by atoms with Crippen molar-refractivity contribution in [2.45, 2.75) is 31.9 Å². The third kappa shape index (κ3) is 2.27. The molecular formula is C9H14FN3S. The molecule has 0 aromatic carbocycles. The van der Waals surface area contributed by atoms with Crippen LogP contribution in [0.15, 0.2) is 0 Å². The summed E-state index contributed by atoms with van der Waals surface area (Å²) in [6.07, 6.45) is 1.61. The molecule has 5 heteroatoms. The molecule has 1 aliphatic rings. The zero-order valence-corrected chi connectivity index (χ0v) is 9.03. The van der Waals surface area contributed by atoms with Gasteiger partial charge in [-0.15, -0.1) is 21.5 Å². The maximum absolute atomic E-state index is 14.2. The van der Waals surface area contributed by atoms with Crippen LogP contribution in [-0.4, -0.2) is 29.0 Å². The van der Waals surface area contributed by atoms with E-state index in [9.17, 15) is 4.39 Å². The van der Waals surface area contributed by atoms with Gasteiger partial charge in [0.25, 0.3) is 0 Å². The van der Waals surface area contributed by atoms with Gasteiger partial charge in [0.05, 0.1) is 0 Å². The number of nitrogens with one attached hydrogen (secondary N) is 1. The minimum absolute atomic E-state index is 0.431. The molecule has 2 heterocycles. The van der Waals surface area contributed by atoms with Gasteiger partial charge in [0.2, 0.25) is 0 Å². The predicted molar refractivity (Wildman–Crippen MR) is 54.3 cm³/mol. The van der Waals surface area contributed by atoms with Gasteiger partial charge in [-0.05, 0) is 32.9 Å². The van der Waals surface area contributed by atoms with Crippen LogP contribution < -0.4 is 5.32 Å². The Balaban J connectivity index is 2.01. The van der Waals surface area contributed by atoms with Crippen LogP contribution in [0.5, 0.6) is 0 Å². The maximum atomic E-state index is 14.2. The van der Waals surface area contributed by atoms with E-state index in [0.717, 1.165) is 23.1 Å². The van der Waals surface area contributed by atoms with E-state index in [1.165, 1.54) is 11.3 Å². The summed E-state index contributed by atoms with van der Waals surface area (Å²) in [5.74, 6) is 0. The van der Waals surface area contributed by atoms with Crippen molar-refractivity contribution >= 4 is 11.3 Å². The van der Waals surface area contributed by atoms with Gasteiger partial charge in [-0.3, -0.25) is 0 Å². The summed E-state index contributed by atoms with van der Waals surface area (Å²) in [7, 11) is 0. The molecule has 0 atom stereocenters. The van der Waals surface area contributed by atoms with Crippen LogP contribution in [0.3, 0.4) is 0 Å². The standard InChI is InChI=1S/C9H14FN3S/c1-7-12-13-8(14-7)6-9(10)2-4-11-5-3-9/h11H,2-6H2,1H3. The lowest BCUT2D eigenvalue weighted by atomic mass is 9.91. The summed E-state index contributed by atoms with van der Waals surface area (Å²) < 4.78 is 14.2. The van der Waals surface area contributed by atoms with Crippen LogP contribution in [0.25, 0.3) is 0 Å². The van der Waals surface area contributed by atoms with Crippen LogP contribution in [0.1, 0.15) is 22.9 Å². The number of aryl methyl sites for hydroxylation is 1. The first-order chi connectivity index (χ1) is 6.68. The minimum Gasteiger partial charge on any atom is -0.316 e. The number of alkyl halides is 1. The van der Waals surface area contributed by atoms with Crippen molar-refractivity contribution in [1.82, 2.24) is 15.5 Å². The molecule has 3 nitrogen and oxygen atoms in total. The topological polar surface area (TPSA) is 37.8 Å². The highest BCUT2D eigenvalue weighted by Crippen LogP contribution is 2.28. The fraction of sp³-hybridized carbons (Fsp3) is 0.778. The molecule has 0 bridgehead atoms. The fourth-order valence-electron chi connectivity index (χ4n) is 1.73. The molecule has 1 saturated heterocycles. The lowest BCUT2D eigenvalue weighted by Gasteiger charge is -2.28. The van der Waals surface area contributed by atoms with Gasteiger partial charge in [0, 0.05) is 6.42 Å². The average molecular weight is 215 g/mol. The molecule has 14 heavy (non-hydrogen) atoms. The smallest absolute Gasteiger partial charge is 0.120 e. The van der Waals surface area contributed by atoms with Gasteiger partial charge >= 0.3 is 0 Å². The van der Waals surface area contributed by atoms with Gasteiger partial charge in [-0.2, -0.15) is 0 Å². The Morgan fingerprint density at radius 1 is 1.43 bits per heavy atom. The van der Waals surface area contributed by atoms with Crippen LogP contribution in [0.4, 0.5) is 4.39 Å². The van der Waals surface area contributed by atoms with Gasteiger partial charge in [-0.25, -0.2) is 4.39 Å². The summed E-state index contributed by atoms with van der Waals surface area (Å²) in [5.41, 5.74) is -1.06. The van der Waals surface area contributed by atoms with Crippen molar-refractivity contribution in [3.63, 3.8) is 0 Å². The van der Waals surface area contributed by atoms with Gasteiger partial charge in [-0.1, -0.05) is 0 Å². The molecule has 0 aliphatic carbocycles. The van der Waals surface area contributed by atoms with Crippen molar-refractivity contribution in [2.24, 2.45) is 0 Å². The molecule has 0 spiro atoms. The van der Waals surface area contributed by atoms with Crippen molar-refractivity contribution in [2.75, 3.05) is 13.1 Å². The summed E-state index contributed by atoms with van der Waals surface area (Å²) in [5, 5.41) is 12.8. The zero-order chi connectivity index (χ0) is 10.0. The molecule has 1 fully saturated rings. The number of piperidine rings is 1. The molecule has 1 aromatic rings. The Bertz CT molecular complexity index is 307. The second kappa shape index (κ2) is 3.90. The number of hydrogen-bond donors (Lipinski definition) is 1. The highest BCUT2D eigenvalue weighted by atomic mass is 32.1. The number of rotatable bonds is 2. The lowest BCUT2D eigenvalue weighted by molar-refractivity contribution is 0.116. The van der Waals surface area contributed by atoms with Crippen LogP contribution in [-0.2, 0) is 6.42 Å². The molecule has 1 aromatic heterocycles. The first-order valence-electron chi connectivity index (χ1n) is 4.87. The number of halogens is 1. The SMILES string of the molecule is Cc1nnc(CC2(F)CCNCC2)s1. The first kappa shape index (κ1) is 9.98. The second-order valence-electron chi connectivity index (χ2n) is 3.79. The third-order valence-corrected chi connectivity index (χ3v) is 3.37. The van der Waals surface area contributed by atoms with E-state index in [-0.39, 0.29) is 0 Å². The molecule has 0 unspecified atom stereocenters. The van der Waals surface area contributed by atoms with E-state index in [4.69, 9.17) is 0 Å². The summed E-state index contributed by atoms with van der Waals surface area (Å²) >= 11 is 1.50. The van der Waals surface area contributed by atoms with Crippen LogP contribution >= 0.6 is 11.3 Å². The molecule has 1 aliphatic heterocycles. The fourth-order valence-corrected chi connectivity index (χ4v) is 2.57. The maximum Gasteiger partial charge on any atom is 0.120 e. The summed E-state index contributed by atoms with van der Waals surface area (Å²) in [6, 6.07) is 0. The van der Waals surface area contributed by atoms with E-state index in [2.05, 4.69) is 15.5 Å². The largest absolute Gasteiger partial charge is 0.316 e. The highest BCUT2D eigenvalue weighted by Gasteiger charge is 2.32. The zero-order valence-electron chi connectivity index (χ0n) is 8.22. The summed E-state index contributed by atoms with van der Waals surface area (Å²) in [6.45, 7) is 3.44. The number of aromatic nitrogens is 2. The second-order valence-corrected chi connectivity index (χ2v) is 5.06. The average Bonchev–Trinajstić information content (AvgIpc) is 2.51. The quantitative estimate of drug-likeness (QED) is 0.812. The lowest BCUT2D eigenvalue weighted by Crippen LogP contribution is -2.40. The predicted octanol–water partition coefficient (Wildman–Crippen LogP) is 1.48. The van der Waals surface area contributed by atoms with Gasteiger partial charge in [0.15, 0.2) is 0 Å². The monoisotopic (exact) mass is 215 g/mol. The Hall–Kier alpha value is -0.550. The van der Waals surface area contributed by atoms with Crippen LogP contribution in [0, 0.1) is 6.92 Å². The normalized spacial score (nSPS) is 21.0. The van der Waals surface area contributed by atoms with Crippen molar-refractivity contribution < 1.29 is 4.39 Å². The molecule has 2 rings (SSSR count). The van der Waals surface area contributed by atoms with E-state index < -0.39 is 5.67 Å². The molecule has 1 N–H and O–H groups in total. The third-order valence-electron chi connectivity index (χ3n) is 2.54. The number of hydrogen-bond acceptors (Lipinski definition) is 4. The molecule has 0 amide bonds. The van der Waals surface area contributed by atoms with E-state index in [0.29, 0.717) is 19.3 Å². The van der Waals surface area contributed by atoms with Crippen molar-refractivity contribution in [3.05, 3.63) is 10.0 Å². The Kier molecular flexibility index (Phi) is 2.78. The number of nitrogens with zero attached hydrogens (tertiary/aromatic N) is 2. The van der Waals surface area contributed by atoms with E-state index in [1.54, 1.807) is 0 Å². The van der Waals surface area contributed by atoms with Crippen molar-refractivity contribution in [3.8, 4) is 0 Å². The summed E-state index contributed by atoms with van der Waals surface area (Å²) in [4.78, 5) is 0. The molecule has 0 radical (unpaired) electrons. The minimum atomic E-state index is -1.06. The highest BCUT2D eigenvalue weighted by molar-refractivity contribution is 7.11. The Morgan fingerprint density at radius 3 is 2.71 bits per heavy atom. The van der Waals surface area contributed by atoms with Gasteiger partial charge in [0.1, 0.15) is 15.7 Å².